The van der Waals surface area contributed by atoms with Crippen LogP contribution in [0.15, 0.2) is 48.9 Å². The van der Waals surface area contributed by atoms with E-state index in [1.165, 1.54) is 6.07 Å². The van der Waals surface area contributed by atoms with Gasteiger partial charge in [0.25, 0.3) is 18.2 Å². The standard InChI is InChI=1S/C51H53F3N10O6/c1-28(65)61-19-12-41-38(27-61)48(62-14-3-4-30-21-32(33(47(53)54)23-43(30)62)37-26-58(2)40-7-13-55-25-36(37)40)57-64(41)31-10-17-60(18-11-31)46(67)20-29-8-15-59(16-9-29)44-24-35-34(22-39(44)52)50(69)63(51(35)70)42-5-6-45(66)56-49(42)68/h7,13,21-26,29,31,42,47H,3-6,8-12,14-20,27H2,1-2H3,(H,56,66,68). The van der Waals surface area contributed by atoms with Gasteiger partial charge in [0.1, 0.15) is 11.9 Å². The number of hydrogen-bond acceptors (Lipinski definition) is 10. The summed E-state index contributed by atoms with van der Waals surface area (Å²) < 4.78 is 49.9. The van der Waals surface area contributed by atoms with Crippen LogP contribution >= 0.6 is 0 Å². The van der Waals surface area contributed by atoms with Crippen LogP contribution < -0.4 is 15.1 Å². The van der Waals surface area contributed by atoms with Crippen molar-refractivity contribution in [1.82, 2.24) is 39.3 Å². The summed E-state index contributed by atoms with van der Waals surface area (Å²) in [5, 5.41) is 8.27. The molecule has 16 nitrogen and oxygen atoms in total. The maximum atomic E-state index is 15.6. The number of halogens is 3. The van der Waals surface area contributed by atoms with Crippen LogP contribution in [-0.2, 0) is 45.6 Å². The van der Waals surface area contributed by atoms with Gasteiger partial charge in [-0.1, -0.05) is 0 Å². The number of alkyl halides is 2. The van der Waals surface area contributed by atoms with E-state index in [4.69, 9.17) is 5.10 Å². The molecule has 11 rings (SSSR count). The molecule has 6 amide bonds. The van der Waals surface area contributed by atoms with Gasteiger partial charge in [-0.05, 0) is 92.3 Å². The first kappa shape index (κ1) is 45.4. The number of nitrogens with zero attached hydrogens (tertiary/aromatic N) is 9. The number of piperidine rings is 3. The molecule has 9 heterocycles. The summed E-state index contributed by atoms with van der Waals surface area (Å²) in [7, 11) is 1.90. The summed E-state index contributed by atoms with van der Waals surface area (Å²) in [6.07, 6.45) is 7.58. The highest BCUT2D eigenvalue weighted by atomic mass is 19.3. The highest BCUT2D eigenvalue weighted by Gasteiger charge is 2.46. The fraction of sp³-hybridized carbons (Fsp3) is 0.451. The molecule has 1 unspecified atom stereocenters. The van der Waals surface area contributed by atoms with Gasteiger partial charge in [-0.3, -0.25) is 48.6 Å². The van der Waals surface area contributed by atoms with Gasteiger partial charge in [0.15, 0.2) is 5.82 Å². The molecule has 1 N–H and O–H groups in total. The molecule has 3 saturated heterocycles. The first-order valence-corrected chi connectivity index (χ1v) is 24.3. The number of pyridine rings is 1. The molecule has 1 atom stereocenters. The fourth-order valence-electron chi connectivity index (χ4n) is 11.8. The van der Waals surface area contributed by atoms with Crippen molar-refractivity contribution >= 4 is 63.5 Å². The molecule has 0 aliphatic carbocycles. The number of anilines is 3. The summed E-state index contributed by atoms with van der Waals surface area (Å²) in [5.41, 5.74) is 5.74. The van der Waals surface area contributed by atoms with Crippen LogP contribution in [0.5, 0.6) is 0 Å². The molecule has 5 aromatic rings. The molecule has 2 aromatic carbocycles. The third-order valence-electron chi connectivity index (χ3n) is 15.5. The Kier molecular flexibility index (Phi) is 11.5. The van der Waals surface area contributed by atoms with E-state index in [0.717, 1.165) is 45.1 Å². The smallest absolute Gasteiger partial charge is 0.264 e. The zero-order valence-electron chi connectivity index (χ0n) is 39.1. The zero-order valence-corrected chi connectivity index (χ0v) is 39.1. The SMILES string of the molecule is CC(=O)N1CCc2c(c(N3CCCc4cc(-c5cn(C)c6ccncc56)c(C(F)F)cc43)nn2C2CCN(C(=O)CC3CCN(c4cc5c(cc4F)C(=O)N(C4CCC(=O)NC4=O)C5=O)CC3)CC2)C1. The lowest BCUT2D eigenvalue weighted by atomic mass is 9.91. The number of carbonyl (C=O) groups is 6. The monoisotopic (exact) mass is 958 g/mol. The third kappa shape index (κ3) is 7.77. The average Bonchev–Trinajstić information content (AvgIpc) is 3.98. The van der Waals surface area contributed by atoms with Crippen LogP contribution in [0.1, 0.15) is 114 Å². The number of hydrogen-bond donors (Lipinski definition) is 1. The third-order valence-corrected chi connectivity index (χ3v) is 15.5. The molecule has 0 spiro atoms. The zero-order chi connectivity index (χ0) is 48.7. The summed E-state index contributed by atoms with van der Waals surface area (Å²) in [6, 6.07) is 6.69. The molecule has 0 radical (unpaired) electrons. The van der Waals surface area contributed by atoms with Crippen LogP contribution in [0.3, 0.4) is 0 Å². The van der Waals surface area contributed by atoms with Crippen LogP contribution in [0, 0.1) is 11.7 Å². The summed E-state index contributed by atoms with van der Waals surface area (Å²) in [6.45, 7) is 4.99. The Morgan fingerprint density at radius 1 is 0.829 bits per heavy atom. The molecule has 6 aliphatic heterocycles. The maximum absolute atomic E-state index is 15.6. The number of imide groups is 2. The van der Waals surface area contributed by atoms with Crippen LogP contribution in [0.4, 0.5) is 30.4 Å². The lowest BCUT2D eigenvalue weighted by molar-refractivity contribution is -0.136. The van der Waals surface area contributed by atoms with Crippen LogP contribution in [0.25, 0.3) is 22.0 Å². The Hall–Kier alpha value is -7.05. The average molecular weight is 959 g/mol. The minimum absolute atomic E-state index is 0.00325. The Balaban J connectivity index is 0.767. The second-order valence-corrected chi connectivity index (χ2v) is 19.6. The van der Waals surface area contributed by atoms with Gasteiger partial charge >= 0.3 is 0 Å². The quantitative estimate of drug-likeness (QED) is 0.173. The van der Waals surface area contributed by atoms with Gasteiger partial charge in [-0.15, -0.1) is 0 Å². The number of aromatic nitrogens is 4. The molecule has 0 saturated carbocycles. The topological polar surface area (TPSA) is 166 Å². The Bertz CT molecular complexity index is 3020. The van der Waals surface area contributed by atoms with Gasteiger partial charge in [0, 0.05) is 125 Å². The van der Waals surface area contributed by atoms with Crippen molar-refractivity contribution in [3.8, 4) is 11.1 Å². The minimum atomic E-state index is -2.73. The van der Waals surface area contributed by atoms with Gasteiger partial charge in [0.05, 0.1) is 34.9 Å². The van der Waals surface area contributed by atoms with E-state index in [9.17, 15) is 28.8 Å². The molecule has 70 heavy (non-hydrogen) atoms. The van der Waals surface area contributed by atoms with Crippen molar-refractivity contribution in [2.24, 2.45) is 13.0 Å². The number of likely N-dealkylation sites (tertiary alicyclic amines) is 1. The highest BCUT2D eigenvalue weighted by molar-refractivity contribution is 6.23. The van der Waals surface area contributed by atoms with E-state index >= 15 is 13.2 Å². The number of fused-ring (bicyclic) bond motifs is 4. The van der Waals surface area contributed by atoms with E-state index in [-0.39, 0.29) is 59.0 Å². The van der Waals surface area contributed by atoms with Crippen molar-refractivity contribution in [2.45, 2.75) is 96.2 Å². The number of benzene rings is 2. The normalized spacial score (nSPS) is 20.1. The molecule has 6 aliphatic rings. The van der Waals surface area contributed by atoms with Crippen molar-refractivity contribution < 1.29 is 41.9 Å². The number of aryl methyl sites for hydroxylation is 2. The second kappa shape index (κ2) is 17.7. The van der Waals surface area contributed by atoms with Crippen molar-refractivity contribution in [2.75, 3.05) is 49.1 Å². The maximum Gasteiger partial charge on any atom is 0.264 e. The number of rotatable bonds is 8. The van der Waals surface area contributed by atoms with E-state index in [1.807, 2.05) is 39.7 Å². The number of carbonyl (C=O) groups excluding carboxylic acids is 6. The van der Waals surface area contributed by atoms with Crippen LogP contribution in [0.2, 0.25) is 0 Å². The summed E-state index contributed by atoms with van der Waals surface area (Å²) >= 11 is 0. The van der Waals surface area contributed by atoms with Gasteiger partial charge in [-0.25, -0.2) is 13.2 Å². The molecular formula is C51H53F3N10O6. The van der Waals surface area contributed by atoms with Crippen molar-refractivity contribution in [1.29, 1.82) is 0 Å². The van der Waals surface area contributed by atoms with E-state index in [0.29, 0.717) is 113 Å². The minimum Gasteiger partial charge on any atom is -0.369 e. The second-order valence-electron chi connectivity index (χ2n) is 19.6. The van der Waals surface area contributed by atoms with E-state index in [1.54, 1.807) is 30.3 Å². The first-order valence-electron chi connectivity index (χ1n) is 24.3. The lowest BCUT2D eigenvalue weighted by Crippen LogP contribution is -2.54. The first-order chi connectivity index (χ1) is 33.7. The molecule has 19 heteroatoms. The predicted octanol–water partition coefficient (Wildman–Crippen LogP) is 6.37. The Morgan fingerprint density at radius 2 is 1.59 bits per heavy atom. The van der Waals surface area contributed by atoms with Crippen molar-refractivity contribution in [3.05, 3.63) is 88.3 Å². The Morgan fingerprint density at radius 3 is 2.31 bits per heavy atom. The number of amides is 6. The fourth-order valence-corrected chi connectivity index (χ4v) is 11.8. The van der Waals surface area contributed by atoms with E-state index in [2.05, 4.69) is 19.9 Å². The van der Waals surface area contributed by atoms with Gasteiger partial charge in [-0.2, -0.15) is 5.10 Å². The molecule has 364 valence electrons. The predicted molar refractivity (Wildman–Crippen MR) is 251 cm³/mol. The van der Waals surface area contributed by atoms with Gasteiger partial charge < -0.3 is 24.2 Å². The molecule has 3 aromatic heterocycles. The molecule has 3 fully saturated rings. The highest BCUT2D eigenvalue weighted by Crippen LogP contribution is 2.45. The van der Waals surface area contributed by atoms with Gasteiger partial charge in [0.2, 0.25) is 23.6 Å². The molecule has 0 bridgehead atoms. The lowest BCUT2D eigenvalue weighted by Gasteiger charge is -2.36. The number of nitrogens with one attached hydrogen (secondary N) is 1. The van der Waals surface area contributed by atoms with E-state index < -0.39 is 41.9 Å². The van der Waals surface area contributed by atoms with Crippen LogP contribution in [-0.4, -0.2) is 115 Å². The summed E-state index contributed by atoms with van der Waals surface area (Å²) in [4.78, 5) is 90.2. The summed E-state index contributed by atoms with van der Waals surface area (Å²) in [5.74, 6) is -2.57. The molecular weight excluding hydrogens is 906 g/mol. The van der Waals surface area contributed by atoms with Crippen molar-refractivity contribution in [3.63, 3.8) is 0 Å². The Labute approximate surface area is 401 Å². The largest absolute Gasteiger partial charge is 0.369 e.